The minimum atomic E-state index is -1.30. The Labute approximate surface area is 122 Å². The Bertz CT molecular complexity index is 736. The molecule has 0 atom stereocenters. The Hall–Kier alpha value is -2.67. The molecule has 0 unspecified atom stereocenters. The van der Waals surface area contributed by atoms with Gasteiger partial charge >= 0.3 is 5.97 Å². The normalized spacial score (nSPS) is 10.2. The largest absolute Gasteiger partial charge is 0.478 e. The fourth-order valence-electron chi connectivity index (χ4n) is 1.67. The molecule has 0 saturated carbocycles. The summed E-state index contributed by atoms with van der Waals surface area (Å²) < 4.78 is 13.6. The van der Waals surface area contributed by atoms with Gasteiger partial charge in [-0.2, -0.15) is 0 Å². The molecule has 0 heterocycles. The monoisotopic (exact) mass is 310 g/mol. The van der Waals surface area contributed by atoms with Crippen LogP contribution >= 0.6 is 11.6 Å². The Balaban J connectivity index is 2.50. The van der Waals surface area contributed by atoms with Gasteiger partial charge in [-0.05, 0) is 24.3 Å². The van der Waals surface area contributed by atoms with Crippen LogP contribution in [0.4, 0.5) is 21.5 Å². The first-order valence-corrected chi connectivity index (χ1v) is 6.00. The summed E-state index contributed by atoms with van der Waals surface area (Å²) in [6, 6.07) is 6.83. The molecule has 0 bridgehead atoms. The van der Waals surface area contributed by atoms with Crippen LogP contribution in [0.5, 0.6) is 0 Å². The van der Waals surface area contributed by atoms with E-state index in [4.69, 9.17) is 16.7 Å². The van der Waals surface area contributed by atoms with Crippen molar-refractivity contribution < 1.29 is 19.2 Å². The smallest absolute Gasteiger partial charge is 0.337 e. The van der Waals surface area contributed by atoms with Crippen LogP contribution < -0.4 is 5.32 Å². The minimum Gasteiger partial charge on any atom is -0.478 e. The zero-order valence-corrected chi connectivity index (χ0v) is 11.1. The van der Waals surface area contributed by atoms with E-state index in [1.54, 1.807) is 0 Å². The molecule has 6 nitrogen and oxygen atoms in total. The highest BCUT2D eigenvalue weighted by molar-refractivity contribution is 6.30. The third-order valence-electron chi connectivity index (χ3n) is 2.64. The number of carboxylic acid groups (broad SMARTS) is 1. The number of carboxylic acids is 1. The van der Waals surface area contributed by atoms with E-state index in [-0.39, 0.29) is 27.6 Å². The lowest BCUT2D eigenvalue weighted by atomic mass is 10.1. The molecule has 0 aromatic heterocycles. The highest BCUT2D eigenvalue weighted by atomic mass is 35.5. The first-order valence-electron chi connectivity index (χ1n) is 5.62. The molecular formula is C13H8ClFN2O4. The van der Waals surface area contributed by atoms with Crippen LogP contribution in [0.1, 0.15) is 10.4 Å². The molecule has 0 saturated heterocycles. The van der Waals surface area contributed by atoms with Crippen LogP contribution in [0.25, 0.3) is 0 Å². The molecule has 2 aromatic carbocycles. The number of nitro groups is 1. The maximum absolute atomic E-state index is 13.6. The standard InChI is InChI=1S/C13H8ClFN2O4/c14-7-1-4-10(15)12(5-7)16-11-6-8(17(20)21)2-3-9(11)13(18)19/h1-6,16H,(H,18,19). The number of hydrogen-bond acceptors (Lipinski definition) is 4. The molecule has 2 rings (SSSR count). The molecule has 0 amide bonds. The lowest BCUT2D eigenvalue weighted by molar-refractivity contribution is -0.384. The highest BCUT2D eigenvalue weighted by Gasteiger charge is 2.16. The first-order chi connectivity index (χ1) is 9.88. The zero-order valence-electron chi connectivity index (χ0n) is 10.3. The Morgan fingerprint density at radius 1 is 1.24 bits per heavy atom. The van der Waals surface area contributed by atoms with Crippen LogP contribution in [-0.2, 0) is 0 Å². The van der Waals surface area contributed by atoms with Gasteiger partial charge in [0, 0.05) is 17.2 Å². The molecule has 0 spiro atoms. The van der Waals surface area contributed by atoms with E-state index in [0.29, 0.717) is 0 Å². The molecule has 8 heteroatoms. The molecule has 2 aromatic rings. The fraction of sp³-hybridized carbons (Fsp3) is 0. The highest BCUT2D eigenvalue weighted by Crippen LogP contribution is 2.28. The van der Waals surface area contributed by atoms with Gasteiger partial charge in [-0.3, -0.25) is 10.1 Å². The molecule has 0 aliphatic rings. The van der Waals surface area contributed by atoms with Gasteiger partial charge in [0.25, 0.3) is 5.69 Å². The zero-order chi connectivity index (χ0) is 15.6. The van der Waals surface area contributed by atoms with E-state index >= 15 is 0 Å². The van der Waals surface area contributed by atoms with Gasteiger partial charge in [-0.1, -0.05) is 11.6 Å². The molecule has 0 aliphatic heterocycles. The van der Waals surface area contributed by atoms with E-state index in [1.807, 2.05) is 0 Å². The number of non-ortho nitro benzene ring substituents is 1. The van der Waals surface area contributed by atoms with Gasteiger partial charge in [0.05, 0.1) is 21.9 Å². The predicted molar refractivity (Wildman–Crippen MR) is 74.7 cm³/mol. The van der Waals surface area contributed by atoms with Gasteiger partial charge in [0.15, 0.2) is 0 Å². The number of anilines is 2. The van der Waals surface area contributed by atoms with Crippen LogP contribution in [0, 0.1) is 15.9 Å². The molecule has 21 heavy (non-hydrogen) atoms. The quantitative estimate of drug-likeness (QED) is 0.661. The molecule has 0 fully saturated rings. The number of nitrogens with one attached hydrogen (secondary N) is 1. The third kappa shape index (κ3) is 3.26. The van der Waals surface area contributed by atoms with E-state index in [0.717, 1.165) is 24.3 Å². The van der Waals surface area contributed by atoms with E-state index in [9.17, 15) is 19.3 Å². The number of rotatable bonds is 4. The lowest BCUT2D eigenvalue weighted by Gasteiger charge is -2.10. The maximum Gasteiger partial charge on any atom is 0.337 e. The number of nitro benzene ring substituents is 1. The molecule has 0 radical (unpaired) electrons. The van der Waals surface area contributed by atoms with Crippen LogP contribution in [0.15, 0.2) is 36.4 Å². The average Bonchev–Trinajstić information content (AvgIpc) is 2.42. The second-order valence-electron chi connectivity index (χ2n) is 4.04. The molecular weight excluding hydrogens is 303 g/mol. The van der Waals surface area contributed by atoms with Crippen LogP contribution in [0.3, 0.4) is 0 Å². The van der Waals surface area contributed by atoms with Crippen molar-refractivity contribution >= 4 is 34.6 Å². The van der Waals surface area contributed by atoms with E-state index < -0.39 is 16.7 Å². The number of carbonyl (C=O) groups is 1. The molecule has 108 valence electrons. The van der Waals surface area contributed by atoms with Gasteiger partial charge < -0.3 is 10.4 Å². The van der Waals surface area contributed by atoms with Crippen molar-refractivity contribution in [3.8, 4) is 0 Å². The minimum absolute atomic E-state index is 0.0782. The van der Waals surface area contributed by atoms with Crippen molar-refractivity contribution in [1.29, 1.82) is 0 Å². The second-order valence-corrected chi connectivity index (χ2v) is 4.48. The van der Waals surface area contributed by atoms with Gasteiger partial charge in [0.2, 0.25) is 0 Å². The number of nitrogens with zero attached hydrogens (tertiary/aromatic N) is 1. The topological polar surface area (TPSA) is 92.5 Å². The summed E-state index contributed by atoms with van der Waals surface area (Å²) in [7, 11) is 0. The van der Waals surface area contributed by atoms with Crippen molar-refractivity contribution in [2.24, 2.45) is 0 Å². The summed E-state index contributed by atoms with van der Waals surface area (Å²) in [6.45, 7) is 0. The average molecular weight is 311 g/mol. The summed E-state index contributed by atoms with van der Waals surface area (Å²) in [5.74, 6) is -1.96. The SMILES string of the molecule is O=C(O)c1ccc([N+](=O)[O-])cc1Nc1cc(Cl)ccc1F. The second kappa shape index (κ2) is 5.76. The van der Waals surface area contributed by atoms with Crippen molar-refractivity contribution in [3.63, 3.8) is 0 Å². The number of halogens is 2. The molecule has 0 aliphatic carbocycles. The molecule has 2 N–H and O–H groups in total. The van der Waals surface area contributed by atoms with E-state index in [2.05, 4.69) is 5.32 Å². The van der Waals surface area contributed by atoms with Gasteiger partial charge in [0.1, 0.15) is 5.82 Å². The van der Waals surface area contributed by atoms with E-state index in [1.165, 1.54) is 12.1 Å². The van der Waals surface area contributed by atoms with Crippen molar-refractivity contribution in [2.45, 2.75) is 0 Å². The van der Waals surface area contributed by atoms with Crippen molar-refractivity contribution in [3.05, 3.63) is 62.9 Å². The summed E-state index contributed by atoms with van der Waals surface area (Å²) in [5.41, 5.74) is -0.715. The van der Waals surface area contributed by atoms with Crippen LogP contribution in [0.2, 0.25) is 5.02 Å². The fourth-order valence-corrected chi connectivity index (χ4v) is 1.85. The Morgan fingerprint density at radius 3 is 2.57 bits per heavy atom. The van der Waals surface area contributed by atoms with Crippen molar-refractivity contribution in [1.82, 2.24) is 0 Å². The summed E-state index contributed by atoms with van der Waals surface area (Å²) in [6.07, 6.45) is 0. The number of aromatic carboxylic acids is 1. The van der Waals surface area contributed by atoms with Crippen molar-refractivity contribution in [2.75, 3.05) is 5.32 Å². The first kappa shape index (κ1) is 14.7. The summed E-state index contributed by atoms with van der Waals surface area (Å²) in [4.78, 5) is 21.2. The third-order valence-corrected chi connectivity index (χ3v) is 2.88. The van der Waals surface area contributed by atoms with Gasteiger partial charge in [-0.15, -0.1) is 0 Å². The summed E-state index contributed by atoms with van der Waals surface area (Å²) in [5, 5.41) is 22.6. The lowest BCUT2D eigenvalue weighted by Crippen LogP contribution is -2.04. The Morgan fingerprint density at radius 2 is 1.95 bits per heavy atom. The number of benzene rings is 2. The summed E-state index contributed by atoms with van der Waals surface area (Å²) >= 11 is 5.74. The predicted octanol–water partition coefficient (Wildman–Crippen LogP) is 3.83. The maximum atomic E-state index is 13.6. The van der Waals surface area contributed by atoms with Crippen LogP contribution in [-0.4, -0.2) is 16.0 Å². The Kier molecular flexibility index (Phi) is 4.04. The van der Waals surface area contributed by atoms with Gasteiger partial charge in [-0.25, -0.2) is 9.18 Å². The number of hydrogen-bond donors (Lipinski definition) is 2.